The average Bonchev–Trinajstić information content (AvgIpc) is 2.50. The van der Waals surface area contributed by atoms with Gasteiger partial charge >= 0.3 is 0 Å². The van der Waals surface area contributed by atoms with E-state index in [1.165, 1.54) is 17.6 Å². The molecule has 0 aromatic rings. The van der Waals surface area contributed by atoms with Crippen molar-refractivity contribution >= 4 is 0 Å². The van der Waals surface area contributed by atoms with Crippen LogP contribution in [0.2, 0.25) is 0 Å². The third-order valence-electron chi connectivity index (χ3n) is 3.82. The lowest BCUT2D eigenvalue weighted by molar-refractivity contribution is 0.241. The summed E-state index contributed by atoms with van der Waals surface area (Å²) in [6, 6.07) is 0. The molecule has 0 atom stereocenters. The first-order valence-electron chi connectivity index (χ1n) is 9.11. The lowest BCUT2D eigenvalue weighted by atomic mass is 10.2. The van der Waals surface area contributed by atoms with Crippen molar-refractivity contribution in [2.24, 2.45) is 11.5 Å². The lowest BCUT2D eigenvalue weighted by Gasteiger charge is -2.24. The molecule has 4 nitrogen and oxygen atoms in total. The highest BCUT2D eigenvalue weighted by Crippen LogP contribution is 2.01. The zero-order valence-corrected chi connectivity index (χ0v) is 16.0. The average molecular weight is 325 g/mol. The fraction of sp³-hybridized carbons (Fsp3) is 0.789. The van der Waals surface area contributed by atoms with Crippen LogP contribution in [0.1, 0.15) is 47.0 Å². The van der Waals surface area contributed by atoms with Crippen molar-refractivity contribution in [2.45, 2.75) is 47.0 Å². The summed E-state index contributed by atoms with van der Waals surface area (Å²) in [6.45, 7) is 16.8. The highest BCUT2D eigenvalue weighted by molar-refractivity contribution is 4.98. The molecule has 0 aliphatic carbocycles. The van der Waals surface area contributed by atoms with Gasteiger partial charge in [0.15, 0.2) is 0 Å². The van der Waals surface area contributed by atoms with Crippen LogP contribution >= 0.6 is 0 Å². The molecule has 0 fully saturated rings. The van der Waals surface area contributed by atoms with E-state index in [0.29, 0.717) is 0 Å². The van der Waals surface area contributed by atoms with E-state index in [-0.39, 0.29) is 0 Å². The van der Waals surface area contributed by atoms with Gasteiger partial charge in [0.05, 0.1) is 0 Å². The van der Waals surface area contributed by atoms with Gasteiger partial charge in [0.25, 0.3) is 0 Å². The SMILES string of the molecule is CC(C)=CCN(CC=C(C)C)CCCN(CCCN)CCCN. The summed E-state index contributed by atoms with van der Waals surface area (Å²) in [7, 11) is 0. The Morgan fingerprint density at radius 2 is 1.04 bits per heavy atom. The van der Waals surface area contributed by atoms with E-state index in [0.717, 1.165) is 65.2 Å². The molecule has 23 heavy (non-hydrogen) atoms. The number of nitrogens with zero attached hydrogens (tertiary/aromatic N) is 2. The number of hydrogen-bond donors (Lipinski definition) is 2. The largest absolute Gasteiger partial charge is 0.330 e. The minimum Gasteiger partial charge on any atom is -0.330 e. The molecule has 0 bridgehead atoms. The van der Waals surface area contributed by atoms with E-state index in [9.17, 15) is 0 Å². The zero-order chi connectivity index (χ0) is 17.5. The van der Waals surface area contributed by atoms with Crippen LogP contribution in [0.5, 0.6) is 0 Å². The van der Waals surface area contributed by atoms with Crippen LogP contribution in [0.4, 0.5) is 0 Å². The third-order valence-corrected chi connectivity index (χ3v) is 3.82. The van der Waals surface area contributed by atoms with E-state index in [1.54, 1.807) is 0 Å². The van der Waals surface area contributed by atoms with E-state index in [1.807, 2.05) is 0 Å². The van der Waals surface area contributed by atoms with Crippen LogP contribution in [-0.4, -0.2) is 62.2 Å². The fourth-order valence-electron chi connectivity index (χ4n) is 2.36. The normalized spacial score (nSPS) is 11.1. The van der Waals surface area contributed by atoms with Gasteiger partial charge in [-0.3, -0.25) is 4.90 Å². The Morgan fingerprint density at radius 3 is 1.43 bits per heavy atom. The third kappa shape index (κ3) is 14.6. The maximum atomic E-state index is 5.65. The molecule has 0 rings (SSSR count). The van der Waals surface area contributed by atoms with Gasteiger partial charge in [-0.1, -0.05) is 23.3 Å². The van der Waals surface area contributed by atoms with Gasteiger partial charge in [0.1, 0.15) is 0 Å². The van der Waals surface area contributed by atoms with Crippen molar-refractivity contribution < 1.29 is 0 Å². The number of rotatable bonds is 14. The molecule has 0 aromatic carbocycles. The van der Waals surface area contributed by atoms with Gasteiger partial charge in [-0.05, 0) is 79.7 Å². The second-order valence-electron chi connectivity index (χ2n) is 6.80. The summed E-state index contributed by atoms with van der Waals surface area (Å²) in [6.07, 6.45) is 7.98. The summed E-state index contributed by atoms with van der Waals surface area (Å²) in [5, 5.41) is 0. The summed E-state index contributed by atoms with van der Waals surface area (Å²) in [4.78, 5) is 5.03. The van der Waals surface area contributed by atoms with Crippen molar-refractivity contribution in [3.05, 3.63) is 23.3 Å². The van der Waals surface area contributed by atoms with Crippen molar-refractivity contribution in [3.63, 3.8) is 0 Å². The molecule has 0 saturated carbocycles. The molecule has 0 spiro atoms. The Kier molecular flexibility index (Phi) is 14.4. The molecule has 0 aliphatic rings. The minimum atomic E-state index is 0.770. The quantitative estimate of drug-likeness (QED) is 0.482. The van der Waals surface area contributed by atoms with Crippen molar-refractivity contribution in [2.75, 3.05) is 52.4 Å². The monoisotopic (exact) mass is 324 g/mol. The topological polar surface area (TPSA) is 58.5 Å². The van der Waals surface area contributed by atoms with Gasteiger partial charge in [-0.25, -0.2) is 0 Å². The van der Waals surface area contributed by atoms with Crippen LogP contribution in [0.15, 0.2) is 23.3 Å². The molecule has 0 amide bonds. The van der Waals surface area contributed by atoms with Gasteiger partial charge in [0, 0.05) is 19.6 Å². The Bertz CT molecular complexity index is 300. The molecule has 0 aromatic heterocycles. The molecular weight excluding hydrogens is 284 g/mol. The first kappa shape index (κ1) is 22.3. The van der Waals surface area contributed by atoms with Crippen LogP contribution in [0, 0.1) is 0 Å². The van der Waals surface area contributed by atoms with Crippen LogP contribution in [0.25, 0.3) is 0 Å². The smallest absolute Gasteiger partial charge is 0.0168 e. The second-order valence-corrected chi connectivity index (χ2v) is 6.80. The molecule has 4 N–H and O–H groups in total. The summed E-state index contributed by atoms with van der Waals surface area (Å²) >= 11 is 0. The van der Waals surface area contributed by atoms with Crippen molar-refractivity contribution in [3.8, 4) is 0 Å². The molecule has 4 heteroatoms. The van der Waals surface area contributed by atoms with Crippen molar-refractivity contribution in [1.82, 2.24) is 9.80 Å². The Hall–Kier alpha value is -0.680. The van der Waals surface area contributed by atoms with Crippen LogP contribution in [0.3, 0.4) is 0 Å². The molecule has 0 saturated heterocycles. The zero-order valence-electron chi connectivity index (χ0n) is 16.0. The van der Waals surface area contributed by atoms with Crippen molar-refractivity contribution in [1.29, 1.82) is 0 Å². The lowest BCUT2D eigenvalue weighted by Crippen LogP contribution is -2.33. The van der Waals surface area contributed by atoms with Gasteiger partial charge in [-0.2, -0.15) is 0 Å². The molecular formula is C19H40N4. The maximum absolute atomic E-state index is 5.65. The molecule has 0 unspecified atom stereocenters. The first-order chi connectivity index (χ1) is 11.0. The van der Waals surface area contributed by atoms with Gasteiger partial charge in [-0.15, -0.1) is 0 Å². The molecule has 0 radical (unpaired) electrons. The van der Waals surface area contributed by atoms with E-state index >= 15 is 0 Å². The van der Waals surface area contributed by atoms with Gasteiger partial charge in [0.2, 0.25) is 0 Å². The standard InChI is InChI=1S/C19H40N4/c1-18(2)8-16-23(17-9-19(3)4)15-7-14-22(12-5-10-20)13-6-11-21/h8-9H,5-7,10-17,20-21H2,1-4H3. The number of allylic oxidation sites excluding steroid dienone is 2. The highest BCUT2D eigenvalue weighted by atomic mass is 15.1. The van der Waals surface area contributed by atoms with Gasteiger partial charge < -0.3 is 16.4 Å². The predicted molar refractivity (Wildman–Crippen MR) is 104 cm³/mol. The van der Waals surface area contributed by atoms with E-state index in [4.69, 9.17) is 11.5 Å². The second kappa shape index (κ2) is 14.9. The minimum absolute atomic E-state index is 0.770. The highest BCUT2D eigenvalue weighted by Gasteiger charge is 2.06. The molecule has 0 aliphatic heterocycles. The Morgan fingerprint density at radius 1 is 0.652 bits per heavy atom. The van der Waals surface area contributed by atoms with E-state index < -0.39 is 0 Å². The summed E-state index contributed by atoms with van der Waals surface area (Å²) < 4.78 is 0. The Balaban J connectivity index is 4.31. The first-order valence-corrected chi connectivity index (χ1v) is 9.11. The Labute approximate surface area is 144 Å². The molecule has 0 heterocycles. The number of hydrogen-bond acceptors (Lipinski definition) is 4. The van der Waals surface area contributed by atoms with E-state index in [2.05, 4.69) is 49.6 Å². The summed E-state index contributed by atoms with van der Waals surface area (Å²) in [5.41, 5.74) is 14.1. The predicted octanol–water partition coefficient (Wildman–Crippen LogP) is 2.61. The van der Waals surface area contributed by atoms with Crippen LogP contribution < -0.4 is 11.5 Å². The fourth-order valence-corrected chi connectivity index (χ4v) is 2.36. The molecule has 136 valence electrons. The van der Waals surface area contributed by atoms with Crippen LogP contribution in [-0.2, 0) is 0 Å². The number of nitrogens with two attached hydrogens (primary N) is 2. The maximum Gasteiger partial charge on any atom is 0.0168 e. The summed E-state index contributed by atoms with van der Waals surface area (Å²) in [5.74, 6) is 0.